The molecule has 0 bridgehead atoms. The number of carbonyl (C=O) groups is 7. The normalized spacial score (nSPS) is 25.9. The SMILES string of the molecule is CCCC(NC(=O)[C@@H]1CC2(CN1C(=O)[C@@H](NC(=O)[C@@H](NC(=O)c1cnccn1)C1CCCCC1)C(C)(C)C)N(C)C(=O)[C@H]1CCCN12)C(=O)C(=O)NC1CC1. The minimum Gasteiger partial charge on any atom is -0.347 e. The molecule has 16 nitrogen and oxygen atoms in total. The van der Waals surface area contributed by atoms with E-state index in [0.29, 0.717) is 19.4 Å². The number of fused-ring (bicyclic) bond motifs is 2. The van der Waals surface area contributed by atoms with Crippen LogP contribution in [0.2, 0.25) is 0 Å². The van der Waals surface area contributed by atoms with Gasteiger partial charge in [-0.05, 0) is 56.3 Å². The summed E-state index contributed by atoms with van der Waals surface area (Å²) >= 11 is 0. The highest BCUT2D eigenvalue weighted by Gasteiger charge is 2.64. The summed E-state index contributed by atoms with van der Waals surface area (Å²) in [6.45, 7) is 7.94. The van der Waals surface area contributed by atoms with Gasteiger partial charge in [0, 0.05) is 38.4 Å². The number of carbonyl (C=O) groups excluding carboxylic acids is 7. The zero-order valence-corrected chi connectivity index (χ0v) is 32.8. The molecular formula is C39H57N9O7. The van der Waals surface area contributed by atoms with E-state index in [0.717, 1.165) is 51.4 Å². The molecule has 3 saturated heterocycles. The lowest BCUT2D eigenvalue weighted by molar-refractivity contribution is -0.145. The van der Waals surface area contributed by atoms with E-state index in [1.165, 1.54) is 23.5 Å². The number of ketones is 1. The third kappa shape index (κ3) is 8.38. The van der Waals surface area contributed by atoms with E-state index < -0.39 is 70.6 Å². The molecule has 6 amide bonds. The molecule has 3 aliphatic heterocycles. The van der Waals surface area contributed by atoms with Crippen molar-refractivity contribution in [1.29, 1.82) is 0 Å². The summed E-state index contributed by atoms with van der Waals surface area (Å²) in [4.78, 5) is 110. The Morgan fingerprint density at radius 1 is 0.945 bits per heavy atom. The van der Waals surface area contributed by atoms with Gasteiger partial charge < -0.3 is 31.1 Å². The van der Waals surface area contributed by atoms with E-state index in [2.05, 4.69) is 36.1 Å². The van der Waals surface area contributed by atoms with Gasteiger partial charge in [0.1, 0.15) is 29.5 Å². The smallest absolute Gasteiger partial charge is 0.289 e. The number of nitrogens with zero attached hydrogens (tertiary/aromatic N) is 5. The Hall–Kier alpha value is -4.47. The first-order valence-corrected chi connectivity index (χ1v) is 20.0. The topological polar surface area (TPSA) is 203 Å². The highest BCUT2D eigenvalue weighted by molar-refractivity contribution is 6.38. The highest BCUT2D eigenvalue weighted by atomic mass is 16.2. The zero-order valence-electron chi connectivity index (χ0n) is 32.8. The zero-order chi connectivity index (χ0) is 39.7. The fourth-order valence-electron chi connectivity index (χ4n) is 8.94. The van der Waals surface area contributed by atoms with Crippen LogP contribution in [0.3, 0.4) is 0 Å². The Balaban J connectivity index is 1.29. The van der Waals surface area contributed by atoms with Crippen molar-refractivity contribution >= 4 is 41.2 Å². The maximum absolute atomic E-state index is 15.1. The molecule has 4 heterocycles. The number of likely N-dealkylation sites (N-methyl/N-ethyl adjacent to an activating group) is 1. The van der Waals surface area contributed by atoms with Crippen molar-refractivity contribution in [3.05, 3.63) is 24.3 Å². The maximum Gasteiger partial charge on any atom is 0.289 e. The Kier molecular flexibility index (Phi) is 11.9. The van der Waals surface area contributed by atoms with Crippen molar-refractivity contribution in [2.45, 2.75) is 147 Å². The van der Waals surface area contributed by atoms with Crippen LogP contribution in [0, 0.1) is 11.3 Å². The molecule has 2 unspecified atom stereocenters. The van der Waals surface area contributed by atoms with Gasteiger partial charge in [-0.1, -0.05) is 53.4 Å². The third-order valence-electron chi connectivity index (χ3n) is 12.2. The van der Waals surface area contributed by atoms with Crippen molar-refractivity contribution in [1.82, 2.24) is 45.9 Å². The minimum atomic E-state index is -1.14. The van der Waals surface area contributed by atoms with Crippen molar-refractivity contribution in [2.75, 3.05) is 20.1 Å². The van der Waals surface area contributed by atoms with Crippen molar-refractivity contribution in [3.8, 4) is 0 Å². The van der Waals surface area contributed by atoms with Crippen LogP contribution in [-0.2, 0) is 28.8 Å². The Morgan fingerprint density at radius 3 is 2.31 bits per heavy atom. The van der Waals surface area contributed by atoms with E-state index in [4.69, 9.17) is 0 Å². The van der Waals surface area contributed by atoms with Gasteiger partial charge in [0.25, 0.3) is 11.8 Å². The average molecular weight is 764 g/mol. The first-order chi connectivity index (χ1) is 26.2. The molecule has 300 valence electrons. The van der Waals surface area contributed by atoms with Crippen LogP contribution in [0.5, 0.6) is 0 Å². The summed E-state index contributed by atoms with van der Waals surface area (Å²) in [6, 6.07) is -4.71. The number of likely N-dealkylation sites (tertiary alicyclic amines) is 1. The molecule has 0 radical (unpaired) electrons. The highest BCUT2D eigenvalue weighted by Crippen LogP contribution is 2.45. The number of hydrogen-bond acceptors (Lipinski definition) is 10. The summed E-state index contributed by atoms with van der Waals surface area (Å²) in [5, 5.41) is 11.4. The van der Waals surface area contributed by atoms with E-state index in [1.54, 1.807) is 11.9 Å². The van der Waals surface area contributed by atoms with Crippen molar-refractivity contribution < 1.29 is 33.6 Å². The second-order valence-corrected chi connectivity index (χ2v) is 17.1. The number of hydrogen-bond donors (Lipinski definition) is 4. The minimum absolute atomic E-state index is 0.00906. The van der Waals surface area contributed by atoms with Gasteiger partial charge in [-0.15, -0.1) is 0 Å². The number of amides is 6. The van der Waals surface area contributed by atoms with Crippen LogP contribution in [0.25, 0.3) is 0 Å². The van der Waals surface area contributed by atoms with E-state index >= 15 is 4.79 Å². The molecule has 1 spiro atoms. The molecule has 2 saturated carbocycles. The molecule has 2 aliphatic carbocycles. The number of rotatable bonds is 13. The summed E-state index contributed by atoms with van der Waals surface area (Å²) in [5.74, 6) is -3.91. The Labute approximate surface area is 322 Å². The summed E-state index contributed by atoms with van der Waals surface area (Å²) in [7, 11) is 1.70. The molecule has 5 fully saturated rings. The third-order valence-corrected chi connectivity index (χ3v) is 12.2. The van der Waals surface area contributed by atoms with Crippen LogP contribution in [0.1, 0.15) is 115 Å². The fourth-order valence-corrected chi connectivity index (χ4v) is 8.94. The Morgan fingerprint density at radius 2 is 1.67 bits per heavy atom. The number of Topliss-reactive ketones (excluding diaryl/α,β-unsaturated/α-hetero) is 1. The van der Waals surface area contributed by atoms with Crippen LogP contribution < -0.4 is 21.3 Å². The lowest BCUT2D eigenvalue weighted by Crippen LogP contribution is -2.62. The first kappa shape index (κ1) is 40.2. The molecular weight excluding hydrogens is 706 g/mol. The van der Waals surface area contributed by atoms with Gasteiger partial charge in [0.05, 0.1) is 24.8 Å². The molecule has 4 N–H and O–H groups in total. The molecule has 55 heavy (non-hydrogen) atoms. The van der Waals surface area contributed by atoms with Gasteiger partial charge in [-0.2, -0.15) is 0 Å². The molecule has 6 rings (SSSR count). The quantitative estimate of drug-likeness (QED) is 0.211. The van der Waals surface area contributed by atoms with Gasteiger partial charge in [0.2, 0.25) is 29.4 Å². The van der Waals surface area contributed by atoms with Gasteiger partial charge in [-0.25, -0.2) is 4.98 Å². The Bertz CT molecular complexity index is 1660. The summed E-state index contributed by atoms with van der Waals surface area (Å²) in [5.41, 5.74) is -1.77. The van der Waals surface area contributed by atoms with Crippen molar-refractivity contribution in [3.63, 3.8) is 0 Å². The van der Waals surface area contributed by atoms with Crippen LogP contribution in [-0.4, -0.2) is 128 Å². The molecule has 5 aliphatic rings. The number of aromatic nitrogens is 2. The van der Waals surface area contributed by atoms with Gasteiger partial charge >= 0.3 is 0 Å². The lowest BCUT2D eigenvalue weighted by atomic mass is 9.82. The molecule has 0 aromatic carbocycles. The van der Waals surface area contributed by atoms with Crippen LogP contribution >= 0.6 is 0 Å². The van der Waals surface area contributed by atoms with Gasteiger partial charge in [-0.3, -0.25) is 43.4 Å². The second kappa shape index (κ2) is 16.3. The average Bonchev–Trinajstić information content (AvgIpc) is 3.60. The van der Waals surface area contributed by atoms with E-state index in [-0.39, 0.29) is 49.0 Å². The second-order valence-electron chi connectivity index (χ2n) is 17.1. The fraction of sp³-hybridized carbons (Fsp3) is 0.718. The largest absolute Gasteiger partial charge is 0.347 e. The molecule has 6 atom stereocenters. The number of nitrogens with one attached hydrogen (secondary N) is 4. The summed E-state index contributed by atoms with van der Waals surface area (Å²) < 4.78 is 0. The van der Waals surface area contributed by atoms with E-state index in [9.17, 15) is 28.8 Å². The monoisotopic (exact) mass is 763 g/mol. The standard InChI is InChI=1S/C39H57N9O7/c1-6-11-25(30(49)35(53)42-24-15-16-24)43-33(51)28-20-39(46(5)36(54)27-14-10-19-48(27)39)22-47(28)37(55)31(38(2,3)4)45-34(52)29(23-12-8-7-9-13-23)44-32(50)26-21-40-17-18-41-26/h17-18,21,23-25,27-29,31H,6-16,19-20,22H2,1-5H3,(H,42,53)(H,43,51)(H,44,50)(H,45,52)/t25?,27-,28+,29+,31-,39?/m1/s1. The van der Waals surface area contributed by atoms with Gasteiger partial charge in [0.15, 0.2) is 0 Å². The van der Waals surface area contributed by atoms with Crippen LogP contribution in [0.15, 0.2) is 18.6 Å². The first-order valence-electron chi connectivity index (χ1n) is 20.0. The molecule has 1 aromatic rings. The molecule has 16 heteroatoms. The predicted octanol–water partition coefficient (Wildman–Crippen LogP) is 1.05. The lowest BCUT2D eigenvalue weighted by Gasteiger charge is -2.39. The maximum atomic E-state index is 15.1. The molecule has 1 aromatic heterocycles. The van der Waals surface area contributed by atoms with Crippen molar-refractivity contribution in [2.24, 2.45) is 11.3 Å². The van der Waals surface area contributed by atoms with Crippen LogP contribution in [0.4, 0.5) is 0 Å². The predicted molar refractivity (Wildman–Crippen MR) is 200 cm³/mol. The summed E-state index contributed by atoms with van der Waals surface area (Å²) in [6.07, 6.45) is 12.3. The van der Waals surface area contributed by atoms with E-state index in [1.807, 2.05) is 27.7 Å².